The zero-order valence-electron chi connectivity index (χ0n) is 16.5. The molecule has 1 aliphatic rings. The van der Waals surface area contributed by atoms with Gasteiger partial charge in [0.05, 0.1) is 6.54 Å². The Bertz CT molecular complexity index is 553. The summed E-state index contributed by atoms with van der Waals surface area (Å²) < 4.78 is 5.54. The van der Waals surface area contributed by atoms with Crippen molar-refractivity contribution in [3.8, 4) is 0 Å². The van der Waals surface area contributed by atoms with Crippen molar-refractivity contribution in [2.45, 2.75) is 58.1 Å². The highest BCUT2D eigenvalue weighted by molar-refractivity contribution is 14.0. The zero-order valence-corrected chi connectivity index (χ0v) is 18.9. The number of halogens is 1. The van der Waals surface area contributed by atoms with Crippen molar-refractivity contribution in [1.82, 2.24) is 15.5 Å². The van der Waals surface area contributed by atoms with E-state index in [2.05, 4.69) is 27.6 Å². The number of likely N-dealkylation sites (N-methyl/N-ethyl adjacent to an activating group) is 1. The monoisotopic (exact) mass is 478 g/mol. The third-order valence-electron chi connectivity index (χ3n) is 4.87. The highest BCUT2D eigenvalue weighted by Gasteiger charge is 2.26. The smallest absolute Gasteiger partial charge is 0.191 e. The number of hydrogen-bond donors (Lipinski definition) is 3. The minimum atomic E-state index is -1.11. The summed E-state index contributed by atoms with van der Waals surface area (Å²) in [5, 5.41) is 17.2. The van der Waals surface area contributed by atoms with Gasteiger partial charge in [0.15, 0.2) is 5.96 Å². The summed E-state index contributed by atoms with van der Waals surface area (Å²) >= 11 is 0. The number of guanidine groups is 1. The van der Waals surface area contributed by atoms with Crippen LogP contribution in [-0.2, 0) is 5.60 Å². The SMILES string of the molecule is CCNC(=NCC(C)(O)c1ccc(C)o1)NCCN(C)C1CCCC1.I. The van der Waals surface area contributed by atoms with Crippen molar-refractivity contribution in [1.29, 1.82) is 0 Å². The Balaban J connectivity index is 0.00000338. The fourth-order valence-corrected chi connectivity index (χ4v) is 3.25. The number of hydrogen-bond acceptors (Lipinski definition) is 4. The van der Waals surface area contributed by atoms with Gasteiger partial charge in [0.2, 0.25) is 0 Å². The number of nitrogens with one attached hydrogen (secondary N) is 2. The van der Waals surface area contributed by atoms with Crippen LogP contribution in [0.2, 0.25) is 0 Å². The Labute approximate surface area is 174 Å². The summed E-state index contributed by atoms with van der Waals surface area (Å²) in [4.78, 5) is 6.97. The average molecular weight is 478 g/mol. The topological polar surface area (TPSA) is 73.0 Å². The summed E-state index contributed by atoms with van der Waals surface area (Å²) in [6.45, 7) is 8.49. The molecule has 1 aromatic heterocycles. The van der Waals surface area contributed by atoms with Crippen LogP contribution in [0.4, 0.5) is 0 Å². The molecule has 7 heteroatoms. The molecule has 1 unspecified atom stereocenters. The van der Waals surface area contributed by atoms with Crippen LogP contribution in [0.5, 0.6) is 0 Å². The molecule has 2 rings (SSSR count). The highest BCUT2D eigenvalue weighted by Crippen LogP contribution is 2.23. The van der Waals surface area contributed by atoms with E-state index < -0.39 is 5.60 Å². The molecule has 0 aliphatic heterocycles. The lowest BCUT2D eigenvalue weighted by molar-refractivity contribution is 0.0428. The van der Waals surface area contributed by atoms with Crippen LogP contribution in [0.15, 0.2) is 21.5 Å². The molecule has 1 saturated carbocycles. The zero-order chi connectivity index (χ0) is 18.3. The Kier molecular flexibility index (Phi) is 9.95. The van der Waals surface area contributed by atoms with Gasteiger partial charge >= 0.3 is 0 Å². The lowest BCUT2D eigenvalue weighted by Gasteiger charge is -2.24. The van der Waals surface area contributed by atoms with E-state index in [1.165, 1.54) is 25.7 Å². The lowest BCUT2D eigenvalue weighted by Crippen LogP contribution is -2.43. The van der Waals surface area contributed by atoms with Crippen molar-refractivity contribution in [2.75, 3.05) is 33.2 Å². The molecular weight excluding hydrogens is 443 g/mol. The summed E-state index contributed by atoms with van der Waals surface area (Å²) in [6, 6.07) is 4.39. The van der Waals surface area contributed by atoms with Crippen molar-refractivity contribution in [3.05, 3.63) is 23.7 Å². The van der Waals surface area contributed by atoms with E-state index in [9.17, 15) is 5.11 Å². The molecule has 1 fully saturated rings. The Morgan fingerprint density at radius 1 is 1.35 bits per heavy atom. The first-order valence-corrected chi connectivity index (χ1v) is 9.44. The predicted molar refractivity (Wildman–Crippen MR) is 117 cm³/mol. The van der Waals surface area contributed by atoms with E-state index in [0.29, 0.717) is 5.76 Å². The van der Waals surface area contributed by atoms with Crippen molar-refractivity contribution in [2.24, 2.45) is 4.99 Å². The third-order valence-corrected chi connectivity index (χ3v) is 4.87. The van der Waals surface area contributed by atoms with E-state index in [-0.39, 0.29) is 30.5 Å². The van der Waals surface area contributed by atoms with Crippen molar-refractivity contribution >= 4 is 29.9 Å². The minimum absolute atomic E-state index is 0. The number of furan rings is 1. The molecule has 3 N–H and O–H groups in total. The van der Waals surface area contributed by atoms with Crippen LogP contribution in [0.25, 0.3) is 0 Å². The molecule has 0 saturated heterocycles. The summed E-state index contributed by atoms with van der Waals surface area (Å²) in [5.74, 6) is 2.07. The second-order valence-corrected chi connectivity index (χ2v) is 7.22. The lowest BCUT2D eigenvalue weighted by atomic mass is 10.0. The van der Waals surface area contributed by atoms with E-state index in [4.69, 9.17) is 4.42 Å². The highest BCUT2D eigenvalue weighted by atomic mass is 127. The molecule has 0 spiro atoms. The maximum absolute atomic E-state index is 10.6. The molecule has 1 atom stereocenters. The Morgan fingerprint density at radius 3 is 2.62 bits per heavy atom. The van der Waals surface area contributed by atoms with Crippen LogP contribution in [0, 0.1) is 6.92 Å². The first-order chi connectivity index (χ1) is 11.9. The molecule has 150 valence electrons. The van der Waals surface area contributed by atoms with E-state index in [1.807, 2.05) is 26.0 Å². The van der Waals surface area contributed by atoms with Gasteiger partial charge < -0.3 is 25.1 Å². The fourth-order valence-electron chi connectivity index (χ4n) is 3.25. The van der Waals surface area contributed by atoms with Crippen molar-refractivity contribution in [3.63, 3.8) is 0 Å². The van der Waals surface area contributed by atoms with Crippen LogP contribution in [-0.4, -0.2) is 55.2 Å². The maximum Gasteiger partial charge on any atom is 0.191 e. The standard InChI is InChI=1S/C19H34N4O2.HI/c1-5-20-18(21-12-13-23(4)16-8-6-7-9-16)22-14-19(3,24)17-11-10-15(2)25-17;/h10-11,16,24H,5-9,12-14H2,1-4H3,(H2,20,21,22);1H. The van der Waals surface area contributed by atoms with Gasteiger partial charge in [0, 0.05) is 25.7 Å². The van der Waals surface area contributed by atoms with Crippen LogP contribution in [0.3, 0.4) is 0 Å². The molecule has 0 amide bonds. The first-order valence-electron chi connectivity index (χ1n) is 9.44. The molecule has 0 aromatic carbocycles. The fraction of sp³-hybridized carbons (Fsp3) is 0.737. The summed E-state index contributed by atoms with van der Waals surface area (Å²) in [7, 11) is 2.20. The third kappa shape index (κ3) is 7.08. The second kappa shape index (κ2) is 11.1. The van der Waals surface area contributed by atoms with Crippen LogP contribution < -0.4 is 10.6 Å². The van der Waals surface area contributed by atoms with E-state index in [1.54, 1.807) is 6.92 Å². The van der Waals surface area contributed by atoms with Gasteiger partial charge in [-0.25, -0.2) is 4.99 Å². The van der Waals surface area contributed by atoms with Gasteiger partial charge in [0.1, 0.15) is 17.1 Å². The molecule has 1 aromatic rings. The Morgan fingerprint density at radius 2 is 2.04 bits per heavy atom. The van der Waals surface area contributed by atoms with Gasteiger partial charge in [0.25, 0.3) is 0 Å². The number of aryl methyl sites for hydroxylation is 1. The predicted octanol–water partition coefficient (Wildman–Crippen LogP) is 2.84. The van der Waals surface area contributed by atoms with Crippen LogP contribution >= 0.6 is 24.0 Å². The van der Waals surface area contributed by atoms with Gasteiger partial charge in [-0.1, -0.05) is 12.8 Å². The van der Waals surface area contributed by atoms with Gasteiger partial charge in [-0.3, -0.25) is 0 Å². The minimum Gasteiger partial charge on any atom is -0.463 e. The summed E-state index contributed by atoms with van der Waals surface area (Å²) in [6.07, 6.45) is 5.34. The normalized spacial score (nSPS) is 17.8. The Hall–Kier alpha value is -0.800. The number of nitrogens with zero attached hydrogens (tertiary/aromatic N) is 2. The quantitative estimate of drug-likeness (QED) is 0.305. The molecule has 0 bridgehead atoms. The molecule has 1 aliphatic carbocycles. The van der Waals surface area contributed by atoms with Gasteiger partial charge in [-0.15, -0.1) is 24.0 Å². The number of aliphatic hydroxyl groups is 1. The van der Waals surface area contributed by atoms with Crippen LogP contribution in [0.1, 0.15) is 51.1 Å². The second-order valence-electron chi connectivity index (χ2n) is 7.22. The number of aliphatic imine (C=N–C) groups is 1. The van der Waals surface area contributed by atoms with E-state index in [0.717, 1.165) is 37.4 Å². The molecule has 0 radical (unpaired) electrons. The van der Waals surface area contributed by atoms with Gasteiger partial charge in [-0.2, -0.15) is 0 Å². The molecule has 1 heterocycles. The first kappa shape index (κ1) is 23.2. The number of rotatable bonds is 8. The summed E-state index contributed by atoms with van der Waals surface area (Å²) in [5.41, 5.74) is -1.11. The largest absolute Gasteiger partial charge is 0.463 e. The molecular formula is C19H35IN4O2. The van der Waals surface area contributed by atoms with E-state index >= 15 is 0 Å². The molecule has 26 heavy (non-hydrogen) atoms. The average Bonchev–Trinajstić information content (AvgIpc) is 3.24. The maximum atomic E-state index is 10.6. The van der Waals surface area contributed by atoms with Gasteiger partial charge in [-0.05, 0) is 52.8 Å². The molecule has 6 nitrogen and oxygen atoms in total. The van der Waals surface area contributed by atoms with Crippen molar-refractivity contribution < 1.29 is 9.52 Å².